The summed E-state index contributed by atoms with van der Waals surface area (Å²) in [4.78, 5) is 108. The fourth-order valence-corrected chi connectivity index (χ4v) is 18.1. The van der Waals surface area contributed by atoms with Gasteiger partial charge in [0, 0.05) is 38.3 Å². The van der Waals surface area contributed by atoms with Gasteiger partial charge in [0.05, 0.1) is 73.8 Å². The summed E-state index contributed by atoms with van der Waals surface area (Å²) in [5, 5.41) is 0. The van der Waals surface area contributed by atoms with E-state index in [1.165, 1.54) is 19.6 Å². The highest BCUT2D eigenvalue weighted by Crippen LogP contribution is 2.56. The van der Waals surface area contributed by atoms with Crippen molar-refractivity contribution in [3.05, 3.63) is 48.6 Å². The second kappa shape index (κ2) is 21.4. The zero-order chi connectivity index (χ0) is 51.9. The lowest BCUT2D eigenvalue weighted by Gasteiger charge is -2.35. The molecule has 4 saturated heterocycles. The highest BCUT2D eigenvalue weighted by molar-refractivity contribution is 7.76. The van der Waals surface area contributed by atoms with Crippen LogP contribution in [0.4, 0.5) is 0 Å². The molecule has 8 bridgehead atoms. The summed E-state index contributed by atoms with van der Waals surface area (Å²) in [6.07, 6.45) is 22.7. The van der Waals surface area contributed by atoms with Gasteiger partial charge < -0.3 is 18.1 Å². The first-order valence-corrected chi connectivity index (χ1v) is 30.6. The van der Waals surface area contributed by atoms with Crippen LogP contribution in [0.2, 0.25) is 0 Å². The molecule has 20 heteroatoms. The van der Waals surface area contributed by atoms with Gasteiger partial charge in [-0.25, -0.2) is 4.67 Å². The molecule has 8 fully saturated rings. The lowest BCUT2D eigenvalue weighted by atomic mass is 9.85. The Morgan fingerprint density at radius 1 is 0.405 bits per heavy atom. The lowest BCUT2D eigenvalue weighted by molar-refractivity contribution is -0.142. The molecule has 74 heavy (non-hydrogen) atoms. The van der Waals surface area contributed by atoms with Crippen LogP contribution in [0.3, 0.4) is 0 Å². The van der Waals surface area contributed by atoms with E-state index in [1.54, 1.807) is 0 Å². The Morgan fingerprint density at radius 2 is 0.608 bits per heavy atom. The number of likely N-dealkylation sites (tertiary alicyclic amines) is 4. The Bertz CT molecular complexity index is 2160. The number of halogens is 1. The van der Waals surface area contributed by atoms with Crippen LogP contribution in [0.5, 0.6) is 0 Å². The van der Waals surface area contributed by atoms with E-state index in [2.05, 4.69) is 81.0 Å². The molecule has 12 rings (SSSR count). The van der Waals surface area contributed by atoms with Gasteiger partial charge in [-0.05, 0) is 138 Å². The molecule has 17 nitrogen and oxygen atoms in total. The SMILES string of the molecule is CC(C)N(C(C)C)P(OCCCN1C(=O)C2C3C=CC(C3)C2C1=O)OCCCN1C(=O)C2C3C=CC(C3)C2C1=O.O=C1C2C3C=CC(C3)C2C(=O)N1CCCOP(Cl)OCCCN1C(=O)C2C3C=CC(C3)C2C1=O. The van der Waals surface area contributed by atoms with Gasteiger partial charge in [0.15, 0.2) is 0 Å². The maximum Gasteiger partial charge on any atom is 0.276 e. The normalized spacial score (nSPS) is 37.8. The Hall–Kier alpha value is -3.53. The number of carbonyl (C=O) groups is 8. The van der Waals surface area contributed by atoms with Crippen molar-refractivity contribution in [1.82, 2.24) is 24.3 Å². The molecule has 8 amide bonds. The maximum atomic E-state index is 13.0. The largest absolute Gasteiger partial charge is 0.322 e. The molecule has 4 aliphatic heterocycles. The number of carbonyl (C=O) groups excluding carboxylic acids is 8. The third-order valence-corrected chi connectivity index (χ3v) is 21.9. The van der Waals surface area contributed by atoms with Crippen LogP contribution in [0.25, 0.3) is 0 Å². The molecule has 0 aromatic carbocycles. The summed E-state index contributed by atoms with van der Waals surface area (Å²) in [6, 6.07) is 0.388. The Balaban J connectivity index is 0.000000161. The van der Waals surface area contributed by atoms with E-state index >= 15 is 0 Å². The number of fused-ring (bicyclic) bond motifs is 20. The number of allylic oxidation sites excluding steroid dienone is 8. The molecular formula is C54H70ClN5O12P2. The van der Waals surface area contributed by atoms with Crippen molar-refractivity contribution >= 4 is 74.8 Å². The number of hydrogen-bond donors (Lipinski definition) is 0. The highest BCUT2D eigenvalue weighted by Gasteiger charge is 2.62. The first-order valence-electron chi connectivity index (χ1n) is 27.3. The van der Waals surface area contributed by atoms with Crippen LogP contribution >= 0.6 is 27.5 Å². The molecule has 16 atom stereocenters. The van der Waals surface area contributed by atoms with Crippen LogP contribution in [-0.2, 0) is 56.5 Å². The van der Waals surface area contributed by atoms with Crippen LogP contribution in [0.15, 0.2) is 48.6 Å². The Kier molecular flexibility index (Phi) is 15.2. The fraction of sp³-hybridized carbons (Fsp3) is 0.704. The first kappa shape index (κ1) is 52.5. The van der Waals surface area contributed by atoms with E-state index < -0.39 is 16.3 Å². The van der Waals surface area contributed by atoms with Crippen molar-refractivity contribution in [3.8, 4) is 0 Å². The number of amides is 8. The zero-order valence-electron chi connectivity index (χ0n) is 42.7. The van der Waals surface area contributed by atoms with Crippen molar-refractivity contribution in [3.63, 3.8) is 0 Å². The maximum absolute atomic E-state index is 13.0. The number of imide groups is 4. The molecule has 16 unspecified atom stereocenters. The van der Waals surface area contributed by atoms with Crippen molar-refractivity contribution < 1.29 is 56.5 Å². The quantitative estimate of drug-likeness (QED) is 0.0459. The molecule has 0 aromatic rings. The van der Waals surface area contributed by atoms with Gasteiger partial charge in [0.2, 0.25) is 47.3 Å². The molecule has 0 radical (unpaired) electrons. The van der Waals surface area contributed by atoms with Gasteiger partial charge in [-0.2, -0.15) is 0 Å². The predicted octanol–water partition coefficient (Wildman–Crippen LogP) is 6.64. The summed E-state index contributed by atoms with van der Waals surface area (Å²) in [5.41, 5.74) is 0. The van der Waals surface area contributed by atoms with Crippen molar-refractivity contribution in [2.75, 3.05) is 52.6 Å². The van der Waals surface area contributed by atoms with Gasteiger partial charge in [0.25, 0.3) is 16.3 Å². The van der Waals surface area contributed by atoms with E-state index in [0.717, 1.165) is 25.7 Å². The van der Waals surface area contributed by atoms with Crippen LogP contribution in [-0.4, -0.2) is 136 Å². The smallest absolute Gasteiger partial charge is 0.276 e. The molecule has 4 heterocycles. The molecule has 4 saturated carbocycles. The minimum atomic E-state index is -1.62. The van der Waals surface area contributed by atoms with E-state index in [0.29, 0.717) is 65.1 Å². The lowest BCUT2D eigenvalue weighted by Crippen LogP contribution is -2.36. The number of nitrogens with zero attached hydrogens (tertiary/aromatic N) is 5. The second-order valence-corrected chi connectivity index (χ2v) is 26.3. The van der Waals surface area contributed by atoms with E-state index in [-0.39, 0.29) is 167 Å². The molecule has 400 valence electrons. The number of rotatable bonds is 23. The summed E-state index contributed by atoms with van der Waals surface area (Å²) < 4.78 is 25.8. The zero-order valence-corrected chi connectivity index (χ0v) is 45.3. The van der Waals surface area contributed by atoms with E-state index in [1.807, 2.05) is 0 Å². The molecule has 8 aliphatic carbocycles. The third kappa shape index (κ3) is 9.16. The third-order valence-electron chi connectivity index (χ3n) is 18.4. The van der Waals surface area contributed by atoms with Gasteiger partial charge in [-0.1, -0.05) is 48.6 Å². The second-order valence-electron chi connectivity index (χ2n) is 23.1. The fourth-order valence-electron chi connectivity index (χ4n) is 15.4. The van der Waals surface area contributed by atoms with Crippen LogP contribution in [0.1, 0.15) is 79.1 Å². The van der Waals surface area contributed by atoms with Crippen LogP contribution < -0.4 is 0 Å². The minimum Gasteiger partial charge on any atom is -0.322 e. The van der Waals surface area contributed by atoms with Crippen molar-refractivity contribution in [2.24, 2.45) is 94.7 Å². The minimum absolute atomic E-state index is 0.0183. The summed E-state index contributed by atoms with van der Waals surface area (Å²) in [6.45, 7) is 11.2. The molecule has 12 aliphatic rings. The van der Waals surface area contributed by atoms with Crippen molar-refractivity contribution in [1.29, 1.82) is 0 Å². The topological polar surface area (TPSA) is 190 Å². The Morgan fingerprint density at radius 3 is 0.811 bits per heavy atom. The number of hydrogen-bond acceptors (Lipinski definition) is 13. The summed E-state index contributed by atoms with van der Waals surface area (Å²) >= 11 is 6.14. The van der Waals surface area contributed by atoms with Crippen molar-refractivity contribution in [2.45, 2.75) is 91.1 Å². The van der Waals surface area contributed by atoms with Gasteiger partial charge in [-0.15, -0.1) is 0 Å². The van der Waals surface area contributed by atoms with Gasteiger partial charge >= 0.3 is 0 Å². The molecule has 0 spiro atoms. The predicted molar refractivity (Wildman–Crippen MR) is 272 cm³/mol. The summed E-state index contributed by atoms with van der Waals surface area (Å²) in [5.74, 6) is 0.151. The van der Waals surface area contributed by atoms with Gasteiger partial charge in [-0.3, -0.25) is 58.0 Å². The summed E-state index contributed by atoms with van der Waals surface area (Å²) in [7, 11) is -3.01. The van der Waals surface area contributed by atoms with Gasteiger partial charge in [0.1, 0.15) is 0 Å². The molecule has 0 N–H and O–H groups in total. The average molecular weight is 1080 g/mol. The molecule has 0 aromatic heterocycles. The monoisotopic (exact) mass is 1080 g/mol. The standard InChI is InChI=1S/C30H42N3O6P.C24H28ClN2O6P/c1-17(2)33(18(3)4)40(38-13-5-11-31-27(34)23-19-7-8-20(15-19)24(23)28(31)35)39-14-6-12-32-29(36)25-21-9-10-22(16-21)26(25)30(32)37;25-34(32-9-1-7-26-21(28)17-13-3-4-14(11-13)18(17)22(26)29)33-10-2-8-27-23(30)19-15-5-6-16(12-15)20(19)24(27)31/h7-10,17-26H,5-6,11-16H2,1-4H3;3-6,13-20H,1-2,7-12H2. The Labute approximate surface area is 440 Å². The average Bonchev–Trinajstić information content (AvgIpc) is 4.23. The van der Waals surface area contributed by atoms with E-state index in [9.17, 15) is 38.4 Å². The molecular weight excluding hydrogens is 1010 g/mol. The van der Waals surface area contributed by atoms with Crippen LogP contribution in [0, 0.1) is 94.7 Å². The highest BCUT2D eigenvalue weighted by atomic mass is 35.7. The van der Waals surface area contributed by atoms with E-state index in [4.69, 9.17) is 29.3 Å². The first-order chi connectivity index (χ1) is 35.6.